The van der Waals surface area contributed by atoms with E-state index in [1.807, 2.05) is 48.5 Å². The molecule has 0 saturated carbocycles. The molecule has 4 nitrogen and oxygen atoms in total. The first-order valence-electron chi connectivity index (χ1n) is 11.0. The first kappa shape index (κ1) is 21.7. The first-order chi connectivity index (χ1) is 14.9. The third-order valence-corrected chi connectivity index (χ3v) is 4.94. The van der Waals surface area contributed by atoms with Crippen molar-refractivity contribution in [2.45, 2.75) is 58.3 Å². The van der Waals surface area contributed by atoms with Gasteiger partial charge < -0.3 is 4.74 Å². The highest BCUT2D eigenvalue weighted by atomic mass is 16.5. The van der Waals surface area contributed by atoms with Crippen LogP contribution in [0.5, 0.6) is 5.75 Å². The van der Waals surface area contributed by atoms with Crippen molar-refractivity contribution < 1.29 is 4.74 Å². The summed E-state index contributed by atoms with van der Waals surface area (Å²) in [6.07, 6.45) is 17.7. The van der Waals surface area contributed by atoms with Gasteiger partial charge in [-0.3, -0.25) is 9.97 Å². The zero-order chi connectivity index (χ0) is 20.9. The number of rotatable bonds is 12. The van der Waals surface area contributed by atoms with Crippen LogP contribution in [-0.2, 0) is 0 Å². The van der Waals surface area contributed by atoms with Crippen molar-refractivity contribution in [2.24, 2.45) is 0 Å². The summed E-state index contributed by atoms with van der Waals surface area (Å²) in [4.78, 5) is 13.5. The molecule has 0 aliphatic heterocycles. The molecule has 0 saturated heterocycles. The van der Waals surface area contributed by atoms with E-state index in [9.17, 15) is 0 Å². The average molecular weight is 402 g/mol. The second-order valence-corrected chi connectivity index (χ2v) is 7.40. The lowest BCUT2D eigenvalue weighted by atomic mass is 10.1. The van der Waals surface area contributed by atoms with Crippen LogP contribution in [0.1, 0.15) is 58.3 Å². The van der Waals surface area contributed by atoms with Crippen molar-refractivity contribution in [2.75, 3.05) is 0 Å². The number of unbranched alkanes of at least 4 members (excludes halogenated alkanes) is 7. The molecule has 0 atom stereocenters. The molecule has 0 amide bonds. The molecule has 0 radical (unpaired) electrons. The van der Waals surface area contributed by atoms with Crippen molar-refractivity contribution in [3.8, 4) is 28.5 Å². The Morgan fingerprint density at radius 3 is 2.27 bits per heavy atom. The molecule has 3 heterocycles. The molecular formula is C26H31N3O. The van der Waals surface area contributed by atoms with Gasteiger partial charge in [0, 0.05) is 18.5 Å². The highest BCUT2D eigenvalue weighted by Gasteiger charge is 2.06. The minimum Gasteiger partial charge on any atom is -0.465 e. The smallest absolute Gasteiger partial charge is 0.130 e. The quantitative estimate of drug-likeness (QED) is 0.237. The Morgan fingerprint density at radius 1 is 0.733 bits per heavy atom. The Labute approximate surface area is 180 Å². The summed E-state index contributed by atoms with van der Waals surface area (Å²) in [6.45, 7) is 2.26. The van der Waals surface area contributed by atoms with Crippen LogP contribution >= 0.6 is 0 Å². The largest absolute Gasteiger partial charge is 0.465 e. The van der Waals surface area contributed by atoms with Gasteiger partial charge in [0.15, 0.2) is 0 Å². The van der Waals surface area contributed by atoms with Crippen LogP contribution in [0, 0.1) is 0 Å². The van der Waals surface area contributed by atoms with E-state index >= 15 is 0 Å². The third kappa shape index (κ3) is 7.11. The molecule has 30 heavy (non-hydrogen) atoms. The maximum atomic E-state index is 5.78. The highest BCUT2D eigenvalue weighted by Crippen LogP contribution is 2.23. The van der Waals surface area contributed by atoms with E-state index in [0.29, 0.717) is 0 Å². The number of aromatic nitrogens is 3. The fraction of sp³-hybridized carbons (Fsp3) is 0.346. The van der Waals surface area contributed by atoms with E-state index in [1.165, 1.54) is 44.9 Å². The van der Waals surface area contributed by atoms with Crippen LogP contribution in [0.4, 0.5) is 0 Å². The van der Waals surface area contributed by atoms with Gasteiger partial charge in [0.25, 0.3) is 0 Å². The van der Waals surface area contributed by atoms with E-state index in [2.05, 4.69) is 23.0 Å². The molecule has 0 fully saturated rings. The Bertz CT molecular complexity index is 909. The van der Waals surface area contributed by atoms with Crippen LogP contribution in [0.15, 0.2) is 73.3 Å². The lowest BCUT2D eigenvalue weighted by molar-refractivity contribution is 0.477. The molecular weight excluding hydrogens is 370 g/mol. The van der Waals surface area contributed by atoms with Crippen molar-refractivity contribution >= 4 is 0 Å². The topological polar surface area (TPSA) is 47.9 Å². The van der Waals surface area contributed by atoms with Gasteiger partial charge in [-0.2, -0.15) is 0 Å². The number of nitrogens with zero attached hydrogens (tertiary/aromatic N) is 3. The van der Waals surface area contributed by atoms with Gasteiger partial charge in [0.2, 0.25) is 0 Å². The van der Waals surface area contributed by atoms with Gasteiger partial charge in [0.1, 0.15) is 5.75 Å². The highest BCUT2D eigenvalue weighted by molar-refractivity contribution is 5.62. The summed E-state index contributed by atoms with van der Waals surface area (Å²) in [5.74, 6) is 0.765. The maximum Gasteiger partial charge on any atom is 0.130 e. The van der Waals surface area contributed by atoms with Crippen LogP contribution in [0.2, 0.25) is 0 Å². The number of hydrogen-bond donors (Lipinski definition) is 0. The minimum atomic E-state index is 0.765. The Morgan fingerprint density at radius 2 is 1.47 bits per heavy atom. The molecule has 0 aromatic carbocycles. The fourth-order valence-electron chi connectivity index (χ4n) is 3.27. The van der Waals surface area contributed by atoms with E-state index in [1.54, 1.807) is 18.7 Å². The molecule has 0 unspecified atom stereocenters. The van der Waals surface area contributed by atoms with Crippen molar-refractivity contribution in [3.63, 3.8) is 0 Å². The molecule has 3 rings (SSSR count). The van der Waals surface area contributed by atoms with Crippen LogP contribution in [0.25, 0.3) is 22.8 Å². The molecule has 0 spiro atoms. The summed E-state index contributed by atoms with van der Waals surface area (Å²) >= 11 is 0. The lowest BCUT2D eigenvalue weighted by Gasteiger charge is -2.06. The summed E-state index contributed by atoms with van der Waals surface area (Å²) in [7, 11) is 0. The molecule has 0 aliphatic rings. The zero-order valence-corrected chi connectivity index (χ0v) is 17.8. The van der Waals surface area contributed by atoms with Crippen LogP contribution < -0.4 is 4.74 Å². The number of ether oxygens (including phenoxy) is 1. The standard InChI is InChI=1S/C26H31N3O/c1-2-3-4-5-6-7-8-9-12-20-30-22-17-19-28-26(21-22)25-16-13-15-24(29-25)23-14-10-11-18-27-23/h10-21H,2-9H2,1H3. The second kappa shape index (κ2) is 12.5. The maximum absolute atomic E-state index is 5.78. The van der Waals surface area contributed by atoms with Gasteiger partial charge in [-0.1, -0.05) is 57.6 Å². The fourth-order valence-corrected chi connectivity index (χ4v) is 3.27. The van der Waals surface area contributed by atoms with E-state index < -0.39 is 0 Å². The second-order valence-electron chi connectivity index (χ2n) is 7.40. The van der Waals surface area contributed by atoms with E-state index in [-0.39, 0.29) is 0 Å². The predicted octanol–water partition coefficient (Wildman–Crippen LogP) is 7.24. The van der Waals surface area contributed by atoms with Crippen molar-refractivity contribution in [1.29, 1.82) is 0 Å². The summed E-state index contributed by atoms with van der Waals surface area (Å²) < 4.78 is 5.78. The van der Waals surface area contributed by atoms with Gasteiger partial charge in [-0.05, 0) is 49.2 Å². The molecule has 0 aliphatic carbocycles. The first-order valence-corrected chi connectivity index (χ1v) is 11.0. The molecule has 0 N–H and O–H groups in total. The minimum absolute atomic E-state index is 0.765. The van der Waals surface area contributed by atoms with Gasteiger partial charge in [0.05, 0.1) is 29.0 Å². The third-order valence-electron chi connectivity index (χ3n) is 4.94. The van der Waals surface area contributed by atoms with E-state index in [0.717, 1.165) is 34.9 Å². The summed E-state index contributed by atoms with van der Waals surface area (Å²) in [5, 5.41) is 0. The molecule has 4 heteroatoms. The monoisotopic (exact) mass is 401 g/mol. The van der Waals surface area contributed by atoms with Crippen LogP contribution in [-0.4, -0.2) is 15.0 Å². The number of pyridine rings is 3. The Hall–Kier alpha value is -3.01. The van der Waals surface area contributed by atoms with E-state index in [4.69, 9.17) is 9.72 Å². The zero-order valence-electron chi connectivity index (χ0n) is 17.8. The van der Waals surface area contributed by atoms with Gasteiger partial charge >= 0.3 is 0 Å². The normalized spacial score (nSPS) is 11.1. The number of allylic oxidation sites excluding steroid dienone is 1. The summed E-state index contributed by atoms with van der Waals surface area (Å²) in [6, 6.07) is 15.5. The predicted molar refractivity (Wildman–Crippen MR) is 123 cm³/mol. The van der Waals surface area contributed by atoms with Crippen molar-refractivity contribution in [3.05, 3.63) is 73.3 Å². The number of hydrogen-bond acceptors (Lipinski definition) is 4. The van der Waals surface area contributed by atoms with Gasteiger partial charge in [-0.15, -0.1) is 0 Å². The van der Waals surface area contributed by atoms with Gasteiger partial charge in [-0.25, -0.2) is 4.98 Å². The SMILES string of the molecule is CCCCCCCCCC=COc1ccnc(-c2cccc(-c3ccccn3)n2)c1. The van der Waals surface area contributed by atoms with Crippen LogP contribution in [0.3, 0.4) is 0 Å². The Kier molecular flexibility index (Phi) is 9.06. The van der Waals surface area contributed by atoms with Crippen molar-refractivity contribution in [1.82, 2.24) is 15.0 Å². The molecule has 3 aromatic heterocycles. The molecule has 0 bridgehead atoms. The lowest BCUT2D eigenvalue weighted by Crippen LogP contribution is -1.92. The summed E-state index contributed by atoms with van der Waals surface area (Å²) in [5.41, 5.74) is 3.26. The molecule has 3 aromatic rings. The molecule has 156 valence electrons. The Balaban J connectivity index is 1.50. The average Bonchev–Trinajstić information content (AvgIpc) is 2.81.